The van der Waals surface area contributed by atoms with Crippen molar-refractivity contribution < 1.29 is 18.0 Å². The van der Waals surface area contributed by atoms with Gasteiger partial charge in [-0.2, -0.15) is 0 Å². The van der Waals surface area contributed by atoms with Crippen LogP contribution in [0, 0.1) is 12.8 Å². The predicted molar refractivity (Wildman–Crippen MR) is 107 cm³/mol. The Bertz CT molecular complexity index is 968. The summed E-state index contributed by atoms with van der Waals surface area (Å²) in [6, 6.07) is 11.1. The second-order valence-electron chi connectivity index (χ2n) is 6.58. The molecule has 2 aromatic carbocycles. The Morgan fingerprint density at radius 1 is 1.07 bits per heavy atom. The summed E-state index contributed by atoms with van der Waals surface area (Å²) < 4.78 is 23.3. The van der Waals surface area contributed by atoms with E-state index in [-0.39, 0.29) is 22.3 Å². The lowest BCUT2D eigenvalue weighted by Gasteiger charge is -2.13. The number of hydrogen-bond acceptors (Lipinski definition) is 4. The highest BCUT2D eigenvalue weighted by atomic mass is 32.2. The highest BCUT2D eigenvalue weighted by Crippen LogP contribution is 2.22. The number of rotatable bonds is 6. The molecule has 2 N–H and O–H groups in total. The van der Waals surface area contributed by atoms with Gasteiger partial charge in [0.2, 0.25) is 5.91 Å². The zero-order valence-electron chi connectivity index (χ0n) is 15.9. The first-order valence-electron chi connectivity index (χ1n) is 8.64. The van der Waals surface area contributed by atoms with Gasteiger partial charge in [-0.05, 0) is 55.3 Å². The third kappa shape index (κ3) is 5.40. The fraction of sp³-hybridized carbons (Fsp3) is 0.300. The average Bonchev–Trinajstić information content (AvgIpc) is 2.62. The maximum Gasteiger partial charge on any atom is 0.255 e. The summed E-state index contributed by atoms with van der Waals surface area (Å²) in [5, 5.41) is 5.62. The van der Waals surface area contributed by atoms with Crippen LogP contribution in [0.15, 0.2) is 47.4 Å². The first-order chi connectivity index (χ1) is 12.6. The van der Waals surface area contributed by atoms with Gasteiger partial charge in [-0.1, -0.05) is 19.9 Å². The van der Waals surface area contributed by atoms with Crippen molar-refractivity contribution in [1.29, 1.82) is 0 Å². The van der Waals surface area contributed by atoms with Crippen LogP contribution >= 0.6 is 0 Å². The molecular formula is C20H24N2O4S. The van der Waals surface area contributed by atoms with E-state index in [1.54, 1.807) is 24.3 Å². The molecule has 0 saturated carbocycles. The molecule has 0 aliphatic rings. The lowest BCUT2D eigenvalue weighted by Crippen LogP contribution is -2.19. The number of carbonyl (C=O) groups excluding carboxylic acids is 2. The molecule has 0 spiro atoms. The highest BCUT2D eigenvalue weighted by molar-refractivity contribution is 7.90. The van der Waals surface area contributed by atoms with Crippen molar-refractivity contribution in [2.24, 2.45) is 5.92 Å². The van der Waals surface area contributed by atoms with Gasteiger partial charge >= 0.3 is 0 Å². The number of sulfone groups is 1. The molecule has 0 aliphatic heterocycles. The second kappa shape index (κ2) is 8.35. The van der Waals surface area contributed by atoms with Crippen LogP contribution in [0.2, 0.25) is 0 Å². The van der Waals surface area contributed by atoms with Gasteiger partial charge in [-0.3, -0.25) is 9.59 Å². The van der Waals surface area contributed by atoms with Gasteiger partial charge in [0, 0.05) is 29.1 Å². The SMILES string of the molecule is CCC(C)C(=O)Nc1ccc(NC(=O)c2cccc(S(C)(=O)=O)c2)c(C)c1. The third-order valence-corrected chi connectivity index (χ3v) is 5.44. The van der Waals surface area contributed by atoms with Crippen LogP contribution < -0.4 is 10.6 Å². The fourth-order valence-electron chi connectivity index (χ4n) is 2.39. The topological polar surface area (TPSA) is 92.3 Å². The Hall–Kier alpha value is -2.67. The molecule has 1 unspecified atom stereocenters. The number of amides is 2. The molecule has 0 radical (unpaired) electrons. The Balaban J connectivity index is 2.16. The van der Waals surface area contributed by atoms with Gasteiger partial charge in [-0.25, -0.2) is 8.42 Å². The summed E-state index contributed by atoms with van der Waals surface area (Å²) in [5.74, 6) is -0.530. The molecular weight excluding hydrogens is 364 g/mol. The van der Waals surface area contributed by atoms with Crippen molar-refractivity contribution >= 4 is 33.0 Å². The van der Waals surface area contributed by atoms with E-state index >= 15 is 0 Å². The number of nitrogens with one attached hydrogen (secondary N) is 2. The first-order valence-corrected chi connectivity index (χ1v) is 10.5. The van der Waals surface area contributed by atoms with Crippen LogP contribution in [0.25, 0.3) is 0 Å². The Kier molecular flexibility index (Phi) is 6.38. The van der Waals surface area contributed by atoms with Gasteiger partial charge in [0.1, 0.15) is 0 Å². The van der Waals surface area contributed by atoms with E-state index in [2.05, 4.69) is 10.6 Å². The quantitative estimate of drug-likeness (QED) is 0.790. The molecule has 1 atom stereocenters. The Morgan fingerprint density at radius 3 is 2.37 bits per heavy atom. The van der Waals surface area contributed by atoms with Gasteiger partial charge in [0.15, 0.2) is 9.84 Å². The monoisotopic (exact) mass is 388 g/mol. The molecule has 0 heterocycles. The van der Waals surface area contributed by atoms with Gasteiger partial charge in [0.25, 0.3) is 5.91 Å². The van der Waals surface area contributed by atoms with Crippen molar-refractivity contribution in [2.45, 2.75) is 32.1 Å². The molecule has 0 fully saturated rings. The molecule has 0 saturated heterocycles. The number of benzene rings is 2. The van der Waals surface area contributed by atoms with Crippen molar-refractivity contribution in [2.75, 3.05) is 16.9 Å². The van der Waals surface area contributed by atoms with E-state index in [0.29, 0.717) is 11.4 Å². The molecule has 0 aliphatic carbocycles. The van der Waals surface area contributed by atoms with Gasteiger partial charge < -0.3 is 10.6 Å². The zero-order valence-corrected chi connectivity index (χ0v) is 16.7. The molecule has 2 amide bonds. The van der Waals surface area contributed by atoms with E-state index in [0.717, 1.165) is 18.2 Å². The summed E-state index contributed by atoms with van der Waals surface area (Å²) in [4.78, 5) is 24.5. The van der Waals surface area contributed by atoms with Gasteiger partial charge in [-0.15, -0.1) is 0 Å². The van der Waals surface area contributed by atoms with Crippen LogP contribution in [0.5, 0.6) is 0 Å². The first kappa shape index (κ1) is 20.6. The molecule has 0 bridgehead atoms. The van der Waals surface area contributed by atoms with E-state index < -0.39 is 15.7 Å². The molecule has 27 heavy (non-hydrogen) atoms. The van der Waals surface area contributed by atoms with Gasteiger partial charge in [0.05, 0.1) is 4.90 Å². The lowest BCUT2D eigenvalue weighted by atomic mass is 10.1. The van der Waals surface area contributed by atoms with Crippen LogP contribution in [0.1, 0.15) is 36.2 Å². The van der Waals surface area contributed by atoms with Crippen molar-refractivity contribution in [3.8, 4) is 0 Å². The molecule has 144 valence electrons. The maximum absolute atomic E-state index is 12.5. The number of aryl methyl sites for hydroxylation is 1. The maximum atomic E-state index is 12.5. The number of carbonyl (C=O) groups is 2. The Labute approximate surface area is 159 Å². The summed E-state index contributed by atoms with van der Waals surface area (Å²) in [6.07, 6.45) is 1.85. The lowest BCUT2D eigenvalue weighted by molar-refractivity contribution is -0.119. The van der Waals surface area contributed by atoms with Crippen molar-refractivity contribution in [3.63, 3.8) is 0 Å². The van der Waals surface area contributed by atoms with E-state index in [1.165, 1.54) is 18.2 Å². The minimum Gasteiger partial charge on any atom is -0.326 e. The van der Waals surface area contributed by atoms with Crippen LogP contribution in [0.4, 0.5) is 11.4 Å². The largest absolute Gasteiger partial charge is 0.326 e. The van der Waals surface area contributed by atoms with E-state index in [9.17, 15) is 18.0 Å². The van der Waals surface area contributed by atoms with Crippen LogP contribution in [-0.2, 0) is 14.6 Å². The summed E-state index contributed by atoms with van der Waals surface area (Å²) in [7, 11) is -3.39. The fourth-order valence-corrected chi connectivity index (χ4v) is 3.06. The van der Waals surface area contributed by atoms with Crippen LogP contribution in [-0.4, -0.2) is 26.5 Å². The smallest absolute Gasteiger partial charge is 0.255 e. The predicted octanol–water partition coefficient (Wildman–Crippen LogP) is 3.64. The summed E-state index contributed by atoms with van der Waals surface area (Å²) in [6.45, 7) is 5.63. The molecule has 6 nitrogen and oxygen atoms in total. The second-order valence-corrected chi connectivity index (χ2v) is 8.60. The summed E-state index contributed by atoms with van der Waals surface area (Å²) in [5.41, 5.74) is 2.29. The summed E-state index contributed by atoms with van der Waals surface area (Å²) >= 11 is 0. The van der Waals surface area contributed by atoms with Crippen molar-refractivity contribution in [3.05, 3.63) is 53.6 Å². The molecule has 0 aromatic heterocycles. The Morgan fingerprint density at radius 2 is 1.78 bits per heavy atom. The van der Waals surface area contributed by atoms with Crippen molar-refractivity contribution in [1.82, 2.24) is 0 Å². The van der Waals surface area contributed by atoms with E-state index in [4.69, 9.17) is 0 Å². The molecule has 2 rings (SSSR count). The number of hydrogen-bond donors (Lipinski definition) is 2. The normalized spacial score (nSPS) is 12.3. The highest BCUT2D eigenvalue weighted by Gasteiger charge is 2.14. The average molecular weight is 388 g/mol. The molecule has 7 heteroatoms. The standard InChI is InChI=1S/C20H24N2O4S/c1-5-13(2)19(23)21-16-9-10-18(14(3)11-16)22-20(24)15-7-6-8-17(12-15)27(4,25)26/h6-13H,5H2,1-4H3,(H,21,23)(H,22,24). The minimum absolute atomic E-state index is 0.0497. The molecule has 2 aromatic rings. The third-order valence-electron chi connectivity index (χ3n) is 4.33. The minimum atomic E-state index is -3.39. The zero-order chi connectivity index (χ0) is 20.2. The number of anilines is 2. The van der Waals surface area contributed by atoms with E-state index in [1.807, 2.05) is 20.8 Å². The van der Waals surface area contributed by atoms with Crippen LogP contribution in [0.3, 0.4) is 0 Å².